The molecule has 0 radical (unpaired) electrons. The Balaban J connectivity index is 2.45. The molecule has 0 saturated heterocycles. The molecule has 0 aliphatic heterocycles. The summed E-state index contributed by atoms with van der Waals surface area (Å²) in [4.78, 5) is 0. The van der Waals surface area contributed by atoms with E-state index in [1.54, 1.807) is 6.07 Å². The lowest BCUT2D eigenvalue weighted by Crippen LogP contribution is -1.99. The topological polar surface area (TPSA) is 31.6 Å². The molecule has 0 fully saturated rings. The van der Waals surface area contributed by atoms with Gasteiger partial charge in [-0.2, -0.15) is 0 Å². The monoisotopic (exact) mass is 270 g/mol. The summed E-state index contributed by atoms with van der Waals surface area (Å²) in [5.41, 5.74) is 0.999. The van der Waals surface area contributed by atoms with Gasteiger partial charge in [-0.05, 0) is 12.1 Å². The van der Waals surface area contributed by atoms with Gasteiger partial charge in [-0.1, -0.05) is 0 Å². The van der Waals surface area contributed by atoms with Crippen molar-refractivity contribution in [2.75, 3.05) is 14.2 Å². The number of benzene rings is 1. The Hall–Kier alpha value is -1.68. The molecule has 2 aromatic rings. The Morgan fingerprint density at radius 2 is 1.89 bits per heavy atom. The third-order valence-electron chi connectivity index (χ3n) is 2.61. The molecule has 1 aromatic carbocycles. The van der Waals surface area contributed by atoms with Crippen molar-refractivity contribution in [3.05, 3.63) is 47.7 Å². The van der Waals surface area contributed by atoms with Gasteiger partial charge in [0.05, 0.1) is 32.1 Å². The van der Waals surface area contributed by atoms with Gasteiger partial charge >= 0.3 is 0 Å². The molecule has 0 amide bonds. The number of rotatable bonds is 4. The van der Waals surface area contributed by atoms with Crippen LogP contribution in [0.25, 0.3) is 0 Å². The lowest BCUT2D eigenvalue weighted by molar-refractivity contribution is 0.351. The highest BCUT2D eigenvalue weighted by Crippen LogP contribution is 2.37. The molecule has 1 heterocycles. The third kappa shape index (κ3) is 2.29. The van der Waals surface area contributed by atoms with Crippen molar-refractivity contribution in [3.8, 4) is 11.5 Å². The van der Waals surface area contributed by atoms with Crippen LogP contribution >= 0.6 is 11.6 Å². The number of halogens is 2. The number of hydrogen-bond acceptors (Lipinski definition) is 3. The van der Waals surface area contributed by atoms with Crippen LogP contribution in [0.1, 0.15) is 16.5 Å². The fraction of sp³-hybridized carbons (Fsp3) is 0.231. The number of hydrogen-bond donors (Lipinski definition) is 0. The summed E-state index contributed by atoms with van der Waals surface area (Å²) in [6, 6.07) is 4.47. The minimum absolute atomic E-state index is 0.315. The maximum atomic E-state index is 13.9. The molecule has 96 valence electrons. The molecule has 1 unspecified atom stereocenters. The maximum Gasteiger partial charge on any atom is 0.163 e. The first-order chi connectivity index (χ1) is 8.67. The molecule has 0 N–H and O–H groups in total. The van der Waals surface area contributed by atoms with Gasteiger partial charge < -0.3 is 13.9 Å². The van der Waals surface area contributed by atoms with Gasteiger partial charge in [0, 0.05) is 17.2 Å². The molecular weight excluding hydrogens is 259 g/mol. The van der Waals surface area contributed by atoms with Gasteiger partial charge in [0.25, 0.3) is 0 Å². The normalized spacial score (nSPS) is 12.2. The molecule has 3 nitrogen and oxygen atoms in total. The van der Waals surface area contributed by atoms with E-state index >= 15 is 0 Å². The first-order valence-corrected chi connectivity index (χ1v) is 5.68. The van der Waals surface area contributed by atoms with Crippen LogP contribution < -0.4 is 9.47 Å². The Labute approximate surface area is 109 Å². The molecule has 2 rings (SSSR count). The van der Waals surface area contributed by atoms with Gasteiger partial charge in [-0.25, -0.2) is 4.39 Å². The summed E-state index contributed by atoms with van der Waals surface area (Å²) in [5.74, 6) is 0.312. The minimum atomic E-state index is -0.636. The largest absolute Gasteiger partial charge is 0.493 e. The first-order valence-electron chi connectivity index (χ1n) is 5.25. The lowest BCUT2D eigenvalue weighted by atomic mass is 10.1. The summed E-state index contributed by atoms with van der Waals surface area (Å²) in [5, 5.41) is -0.636. The summed E-state index contributed by atoms with van der Waals surface area (Å²) < 4.78 is 29.0. The highest BCUT2D eigenvalue weighted by molar-refractivity contribution is 6.22. The number of ether oxygens (including phenoxy) is 2. The average Bonchev–Trinajstić information content (AvgIpc) is 2.91. The van der Waals surface area contributed by atoms with E-state index in [9.17, 15) is 4.39 Å². The zero-order valence-corrected chi connectivity index (χ0v) is 10.7. The van der Waals surface area contributed by atoms with Crippen LogP contribution in [-0.2, 0) is 0 Å². The fourth-order valence-electron chi connectivity index (χ4n) is 1.66. The standard InChI is InChI=1S/C13H12ClFO3/c1-16-11-5-9(10(15)6-12(11)17-2)13(14)8-3-4-18-7-8/h3-7,13H,1-2H3. The van der Waals surface area contributed by atoms with E-state index in [4.69, 9.17) is 25.5 Å². The van der Waals surface area contributed by atoms with Crippen LogP contribution in [0.5, 0.6) is 11.5 Å². The second-order valence-corrected chi connectivity index (χ2v) is 4.08. The summed E-state index contributed by atoms with van der Waals surface area (Å²) in [6.07, 6.45) is 2.97. The molecule has 0 aliphatic rings. The van der Waals surface area contributed by atoms with Crippen LogP contribution in [0.4, 0.5) is 4.39 Å². The number of methoxy groups -OCH3 is 2. The van der Waals surface area contributed by atoms with Crippen LogP contribution in [0.3, 0.4) is 0 Å². The smallest absolute Gasteiger partial charge is 0.163 e. The van der Waals surface area contributed by atoms with E-state index in [-0.39, 0.29) is 0 Å². The van der Waals surface area contributed by atoms with Crippen molar-refractivity contribution >= 4 is 11.6 Å². The third-order valence-corrected chi connectivity index (χ3v) is 3.10. The first kappa shape index (κ1) is 12.8. The van der Waals surface area contributed by atoms with Gasteiger partial charge in [-0.15, -0.1) is 11.6 Å². The highest BCUT2D eigenvalue weighted by atomic mass is 35.5. The molecule has 0 aliphatic carbocycles. The van der Waals surface area contributed by atoms with E-state index in [0.29, 0.717) is 22.6 Å². The summed E-state index contributed by atoms with van der Waals surface area (Å²) >= 11 is 6.21. The van der Waals surface area contributed by atoms with Crippen molar-refractivity contribution in [3.63, 3.8) is 0 Å². The average molecular weight is 271 g/mol. The summed E-state index contributed by atoms with van der Waals surface area (Å²) in [7, 11) is 2.94. The van der Waals surface area contributed by atoms with E-state index in [1.165, 1.54) is 38.9 Å². The predicted molar refractivity (Wildman–Crippen MR) is 65.9 cm³/mol. The molecule has 0 saturated carbocycles. The van der Waals surface area contributed by atoms with E-state index in [0.717, 1.165) is 0 Å². The van der Waals surface area contributed by atoms with Crippen molar-refractivity contribution in [1.82, 2.24) is 0 Å². The molecule has 1 aromatic heterocycles. The Morgan fingerprint density at radius 3 is 2.44 bits per heavy atom. The molecule has 1 atom stereocenters. The van der Waals surface area contributed by atoms with Gasteiger partial charge in [0.2, 0.25) is 0 Å². The maximum absolute atomic E-state index is 13.9. The van der Waals surface area contributed by atoms with Crippen LogP contribution in [0.2, 0.25) is 0 Å². The molecule has 0 spiro atoms. The zero-order valence-electron chi connectivity index (χ0n) is 9.94. The van der Waals surface area contributed by atoms with Crippen molar-refractivity contribution in [2.24, 2.45) is 0 Å². The Kier molecular flexibility index (Phi) is 3.77. The van der Waals surface area contributed by atoms with E-state index in [2.05, 4.69) is 0 Å². The molecule has 5 heteroatoms. The van der Waals surface area contributed by atoms with Gasteiger partial charge in [-0.3, -0.25) is 0 Å². The van der Waals surface area contributed by atoms with Crippen molar-refractivity contribution < 1.29 is 18.3 Å². The van der Waals surface area contributed by atoms with Crippen molar-refractivity contribution in [1.29, 1.82) is 0 Å². The second kappa shape index (κ2) is 5.31. The Morgan fingerprint density at radius 1 is 1.22 bits per heavy atom. The SMILES string of the molecule is COc1cc(F)c(C(Cl)c2ccoc2)cc1OC. The molecular formula is C13H12ClFO3. The molecule has 0 bridgehead atoms. The minimum Gasteiger partial charge on any atom is -0.493 e. The van der Waals surface area contributed by atoms with E-state index < -0.39 is 11.2 Å². The van der Waals surface area contributed by atoms with Crippen LogP contribution in [0.15, 0.2) is 35.1 Å². The van der Waals surface area contributed by atoms with Crippen molar-refractivity contribution in [2.45, 2.75) is 5.38 Å². The number of furan rings is 1. The zero-order chi connectivity index (χ0) is 13.1. The van der Waals surface area contributed by atoms with Crippen LogP contribution in [-0.4, -0.2) is 14.2 Å². The number of alkyl halides is 1. The lowest BCUT2D eigenvalue weighted by Gasteiger charge is -2.13. The Bertz CT molecular complexity index is 525. The molecule has 18 heavy (non-hydrogen) atoms. The highest BCUT2D eigenvalue weighted by Gasteiger charge is 2.19. The summed E-state index contributed by atoms with van der Waals surface area (Å²) in [6.45, 7) is 0. The van der Waals surface area contributed by atoms with Crippen LogP contribution in [0, 0.1) is 5.82 Å². The van der Waals surface area contributed by atoms with E-state index in [1.807, 2.05) is 0 Å². The predicted octanol–water partition coefficient (Wildman–Crippen LogP) is 3.76. The fourth-order valence-corrected chi connectivity index (χ4v) is 1.95. The van der Waals surface area contributed by atoms with Gasteiger partial charge in [0.1, 0.15) is 5.82 Å². The quantitative estimate of drug-likeness (QED) is 0.793. The second-order valence-electron chi connectivity index (χ2n) is 3.65. The van der Waals surface area contributed by atoms with Gasteiger partial charge in [0.15, 0.2) is 11.5 Å².